The number of rotatable bonds is 9. The van der Waals surface area contributed by atoms with Crippen LogP contribution in [-0.4, -0.2) is 66.4 Å². The summed E-state index contributed by atoms with van der Waals surface area (Å²) >= 11 is 0. The Balaban J connectivity index is 1.84. The highest BCUT2D eigenvalue weighted by Gasteiger charge is 2.48. The number of ether oxygens (including phenoxy) is 1. The molecule has 10 nitrogen and oxygen atoms in total. The average Bonchev–Trinajstić information content (AvgIpc) is 2.77. The second-order valence-corrected chi connectivity index (χ2v) is 8.88. The first kappa shape index (κ1) is 28.3. The first-order chi connectivity index (χ1) is 16.4. The lowest BCUT2D eigenvalue weighted by molar-refractivity contribution is -0.192. The molecule has 1 saturated heterocycles. The maximum Gasteiger partial charge on any atom is 0.471 e. The maximum atomic E-state index is 13.2. The molecule has 0 spiro atoms. The second-order valence-electron chi connectivity index (χ2n) is 8.88. The first-order valence-electron chi connectivity index (χ1n) is 11.0. The Morgan fingerprint density at radius 2 is 1.74 bits per heavy atom. The van der Waals surface area contributed by atoms with Crippen LogP contribution in [0, 0.1) is 0 Å². The van der Waals surface area contributed by atoms with E-state index in [1.165, 1.54) is 0 Å². The van der Waals surface area contributed by atoms with Gasteiger partial charge in [0.05, 0.1) is 13.2 Å². The Morgan fingerprint density at radius 3 is 2.37 bits per heavy atom. The zero-order valence-corrected chi connectivity index (χ0v) is 19.8. The van der Waals surface area contributed by atoms with Crippen LogP contribution in [0.15, 0.2) is 30.3 Å². The fourth-order valence-corrected chi connectivity index (χ4v) is 3.25. The topological polar surface area (TPSA) is 118 Å². The third kappa shape index (κ3) is 10.1. The van der Waals surface area contributed by atoms with Crippen molar-refractivity contribution >= 4 is 17.9 Å². The summed E-state index contributed by atoms with van der Waals surface area (Å²) in [5, 5.41) is 2.40. The van der Waals surface area contributed by atoms with E-state index in [-0.39, 0.29) is 39.1 Å². The van der Waals surface area contributed by atoms with Crippen molar-refractivity contribution < 1.29 is 42.0 Å². The molecule has 1 aliphatic heterocycles. The van der Waals surface area contributed by atoms with Crippen molar-refractivity contribution in [3.8, 4) is 0 Å². The third-order valence-electron chi connectivity index (χ3n) is 4.76. The first-order valence-corrected chi connectivity index (χ1v) is 11.0. The van der Waals surface area contributed by atoms with Crippen LogP contribution in [-0.2, 0) is 30.6 Å². The number of nitrogens with zero attached hydrogens (tertiary/aromatic N) is 1. The van der Waals surface area contributed by atoms with Crippen molar-refractivity contribution in [3.05, 3.63) is 35.9 Å². The number of halogens is 3. The van der Waals surface area contributed by atoms with Gasteiger partial charge >= 0.3 is 18.2 Å². The van der Waals surface area contributed by atoms with Gasteiger partial charge in [0.15, 0.2) is 0 Å². The second kappa shape index (κ2) is 12.7. The highest BCUT2D eigenvalue weighted by molar-refractivity contribution is 5.89. The number of carbonyl (C=O) groups is 3. The zero-order chi connectivity index (χ0) is 26.1. The number of piperidine rings is 1. The molecule has 2 atom stereocenters. The monoisotopic (exact) mass is 504 g/mol. The Kier molecular flexibility index (Phi) is 10.3. The van der Waals surface area contributed by atoms with Gasteiger partial charge < -0.3 is 15.0 Å². The number of likely N-dealkylation sites (tertiary alicyclic amines) is 1. The standard InChI is InChI=1S/C22H31F3N4O6/c1-21(2,3)35-20(32)26-11-12-33-28-18(30)17-10-9-16(13-29(17)19(31)22(23,24)25)27-34-14-15-7-5-4-6-8-15/h4-8,16-17,27H,9-14H2,1-3H3,(H,26,32)(H,28,30)/t16-,17+/m1/s1. The molecule has 196 valence electrons. The number of amides is 3. The highest BCUT2D eigenvalue weighted by Crippen LogP contribution is 2.25. The zero-order valence-electron chi connectivity index (χ0n) is 19.8. The molecule has 0 radical (unpaired) electrons. The minimum atomic E-state index is -5.15. The third-order valence-corrected chi connectivity index (χ3v) is 4.76. The van der Waals surface area contributed by atoms with Gasteiger partial charge in [-0.2, -0.15) is 18.7 Å². The van der Waals surface area contributed by atoms with Gasteiger partial charge in [0, 0.05) is 19.1 Å². The molecule has 0 saturated carbocycles. The molecule has 3 N–H and O–H groups in total. The van der Waals surface area contributed by atoms with Gasteiger partial charge in [-0.3, -0.25) is 19.3 Å². The van der Waals surface area contributed by atoms with E-state index >= 15 is 0 Å². The minimum Gasteiger partial charge on any atom is -0.444 e. The Hall–Kier alpha value is -2.90. The molecule has 1 aromatic rings. The summed E-state index contributed by atoms with van der Waals surface area (Å²) in [6.45, 7) is 4.69. The van der Waals surface area contributed by atoms with Crippen LogP contribution in [0.1, 0.15) is 39.2 Å². The van der Waals surface area contributed by atoms with Crippen molar-refractivity contribution in [2.24, 2.45) is 0 Å². The lowest BCUT2D eigenvalue weighted by Gasteiger charge is -2.38. The van der Waals surface area contributed by atoms with Crippen LogP contribution in [0.3, 0.4) is 0 Å². The molecule has 0 aromatic heterocycles. The molecule has 0 bridgehead atoms. The van der Waals surface area contributed by atoms with Gasteiger partial charge in [0.1, 0.15) is 11.6 Å². The minimum absolute atomic E-state index is 0.0181. The molecule has 0 unspecified atom stereocenters. The van der Waals surface area contributed by atoms with Crippen LogP contribution in [0.2, 0.25) is 0 Å². The molecular weight excluding hydrogens is 473 g/mol. The van der Waals surface area contributed by atoms with Crippen molar-refractivity contribution in [1.82, 2.24) is 21.2 Å². The number of carbonyl (C=O) groups excluding carboxylic acids is 3. The van der Waals surface area contributed by atoms with Crippen molar-refractivity contribution in [2.45, 2.75) is 64.1 Å². The largest absolute Gasteiger partial charge is 0.471 e. The predicted molar refractivity (Wildman–Crippen MR) is 117 cm³/mol. The quantitative estimate of drug-likeness (QED) is 0.349. The molecule has 1 fully saturated rings. The van der Waals surface area contributed by atoms with Crippen LogP contribution in [0.4, 0.5) is 18.0 Å². The number of alkyl halides is 3. The highest BCUT2D eigenvalue weighted by atomic mass is 19.4. The van der Waals surface area contributed by atoms with Crippen molar-refractivity contribution in [2.75, 3.05) is 19.7 Å². The van der Waals surface area contributed by atoms with E-state index in [1.807, 2.05) is 35.8 Å². The van der Waals surface area contributed by atoms with E-state index in [1.54, 1.807) is 20.8 Å². The van der Waals surface area contributed by atoms with E-state index in [0.29, 0.717) is 4.90 Å². The van der Waals surface area contributed by atoms with Gasteiger partial charge in [-0.15, -0.1) is 0 Å². The molecule has 1 heterocycles. The number of hydroxylamine groups is 2. The van der Waals surface area contributed by atoms with Gasteiger partial charge in [0.2, 0.25) is 0 Å². The lowest BCUT2D eigenvalue weighted by atomic mass is 9.98. The van der Waals surface area contributed by atoms with E-state index < -0.39 is 41.8 Å². The molecule has 35 heavy (non-hydrogen) atoms. The van der Waals surface area contributed by atoms with E-state index in [4.69, 9.17) is 14.4 Å². The molecule has 2 rings (SSSR count). The van der Waals surface area contributed by atoms with Crippen molar-refractivity contribution in [3.63, 3.8) is 0 Å². The summed E-state index contributed by atoms with van der Waals surface area (Å²) < 4.78 is 44.5. The molecule has 13 heteroatoms. The van der Waals surface area contributed by atoms with E-state index in [2.05, 4.69) is 10.8 Å². The van der Waals surface area contributed by atoms with Crippen LogP contribution in [0.25, 0.3) is 0 Å². The fourth-order valence-electron chi connectivity index (χ4n) is 3.25. The van der Waals surface area contributed by atoms with Crippen LogP contribution in [0.5, 0.6) is 0 Å². The van der Waals surface area contributed by atoms with Crippen molar-refractivity contribution in [1.29, 1.82) is 0 Å². The molecule has 3 amide bonds. The normalized spacial score (nSPS) is 18.6. The summed E-state index contributed by atoms with van der Waals surface area (Å²) in [7, 11) is 0. The summed E-state index contributed by atoms with van der Waals surface area (Å²) in [4.78, 5) is 46.8. The lowest BCUT2D eigenvalue weighted by Crippen LogP contribution is -2.60. The summed E-state index contributed by atoms with van der Waals surface area (Å²) in [6.07, 6.45) is -5.59. The Morgan fingerprint density at radius 1 is 1.06 bits per heavy atom. The molecular formula is C22H31F3N4O6. The van der Waals surface area contributed by atoms with E-state index in [0.717, 1.165) is 5.56 Å². The number of alkyl carbamates (subject to hydrolysis) is 1. The number of hydrogen-bond donors (Lipinski definition) is 3. The molecule has 0 aliphatic carbocycles. The Bertz CT molecular complexity index is 848. The fraction of sp³-hybridized carbons (Fsp3) is 0.591. The molecule has 1 aliphatic rings. The van der Waals surface area contributed by atoms with Gasteiger partial charge in [-0.1, -0.05) is 30.3 Å². The van der Waals surface area contributed by atoms with Gasteiger partial charge in [-0.25, -0.2) is 10.3 Å². The SMILES string of the molecule is CC(C)(C)OC(=O)NCCONC(=O)[C@@H]1CC[C@@H](NOCc2ccccc2)CN1C(=O)C(F)(F)F. The van der Waals surface area contributed by atoms with Gasteiger partial charge in [-0.05, 0) is 39.2 Å². The molecule has 1 aromatic carbocycles. The number of hydrogen-bond acceptors (Lipinski definition) is 7. The maximum absolute atomic E-state index is 13.2. The number of benzene rings is 1. The Labute approximate surface area is 201 Å². The van der Waals surface area contributed by atoms with Gasteiger partial charge in [0.25, 0.3) is 5.91 Å². The average molecular weight is 505 g/mol. The van der Waals surface area contributed by atoms with E-state index in [9.17, 15) is 27.6 Å². The van der Waals surface area contributed by atoms with Crippen LogP contribution < -0.4 is 16.3 Å². The summed E-state index contributed by atoms with van der Waals surface area (Å²) in [5.74, 6) is -3.03. The smallest absolute Gasteiger partial charge is 0.444 e. The predicted octanol–water partition coefficient (Wildman–Crippen LogP) is 2.20. The summed E-state index contributed by atoms with van der Waals surface area (Å²) in [5.41, 5.74) is 4.89. The number of nitrogens with one attached hydrogen (secondary N) is 3. The summed E-state index contributed by atoms with van der Waals surface area (Å²) in [6, 6.07) is 7.15. The van der Waals surface area contributed by atoms with Crippen LogP contribution >= 0.6 is 0 Å².